The van der Waals surface area contributed by atoms with E-state index < -0.39 is 0 Å². The Bertz CT molecular complexity index is 212. The number of ether oxygens (including phenoxy) is 1. The second-order valence-corrected chi connectivity index (χ2v) is 5.72. The summed E-state index contributed by atoms with van der Waals surface area (Å²) in [5.74, 6) is 1.66. The Morgan fingerprint density at radius 1 is 1.19 bits per heavy atom. The van der Waals surface area contributed by atoms with Crippen LogP contribution in [0.1, 0.15) is 33.1 Å². The van der Waals surface area contributed by atoms with E-state index >= 15 is 0 Å². The van der Waals surface area contributed by atoms with E-state index in [0.717, 1.165) is 25.0 Å². The summed E-state index contributed by atoms with van der Waals surface area (Å²) in [6.07, 6.45) is 3.95. The average molecular weight is 227 g/mol. The van der Waals surface area contributed by atoms with Gasteiger partial charge in [-0.1, -0.05) is 13.8 Å². The normalized spacial score (nSPS) is 42.2. The smallest absolute Gasteiger partial charge is 0.0644 e. The zero-order valence-electron chi connectivity index (χ0n) is 10.6. The molecule has 1 heterocycles. The number of nitrogens with zero attached hydrogens (tertiary/aromatic N) is 1. The Morgan fingerprint density at radius 2 is 1.88 bits per heavy atom. The van der Waals surface area contributed by atoms with Crippen molar-refractivity contribution in [3.63, 3.8) is 0 Å². The summed E-state index contributed by atoms with van der Waals surface area (Å²) in [4.78, 5) is 2.50. The quantitative estimate of drug-likeness (QED) is 0.776. The van der Waals surface area contributed by atoms with Crippen molar-refractivity contribution in [3.8, 4) is 0 Å². The van der Waals surface area contributed by atoms with Crippen molar-refractivity contribution in [2.45, 2.75) is 45.2 Å². The van der Waals surface area contributed by atoms with Crippen molar-refractivity contribution >= 4 is 0 Å². The molecule has 0 aromatic heterocycles. The minimum Gasteiger partial charge on any atom is -0.395 e. The van der Waals surface area contributed by atoms with Gasteiger partial charge in [-0.05, 0) is 31.1 Å². The van der Waals surface area contributed by atoms with E-state index in [2.05, 4.69) is 18.7 Å². The van der Waals surface area contributed by atoms with Crippen LogP contribution in [0.25, 0.3) is 0 Å². The fourth-order valence-electron chi connectivity index (χ4n) is 3.48. The zero-order valence-corrected chi connectivity index (χ0v) is 10.6. The van der Waals surface area contributed by atoms with Crippen molar-refractivity contribution < 1.29 is 9.84 Å². The number of aliphatic hydroxyl groups excluding tert-OH is 1. The summed E-state index contributed by atoms with van der Waals surface area (Å²) in [5.41, 5.74) is 0. The van der Waals surface area contributed by atoms with E-state index in [1.165, 1.54) is 19.3 Å². The molecule has 0 aromatic carbocycles. The van der Waals surface area contributed by atoms with Crippen molar-refractivity contribution in [1.82, 2.24) is 4.90 Å². The molecule has 0 amide bonds. The van der Waals surface area contributed by atoms with Gasteiger partial charge in [0.2, 0.25) is 0 Å². The second kappa shape index (κ2) is 5.48. The van der Waals surface area contributed by atoms with Crippen LogP contribution < -0.4 is 0 Å². The van der Waals surface area contributed by atoms with Crippen molar-refractivity contribution in [3.05, 3.63) is 0 Å². The van der Waals surface area contributed by atoms with E-state index in [0.29, 0.717) is 12.6 Å². The maximum atomic E-state index is 9.40. The molecule has 0 aromatic rings. The summed E-state index contributed by atoms with van der Waals surface area (Å²) in [5, 5.41) is 9.40. The standard InChI is InChI=1S/C13H25NO2/c1-10-5-11(2)7-12(6-10)14-3-4-16-9-13(14)8-15/h10-13,15H,3-9H2,1-2H3. The summed E-state index contributed by atoms with van der Waals surface area (Å²) in [7, 11) is 0. The largest absolute Gasteiger partial charge is 0.395 e. The van der Waals surface area contributed by atoms with Gasteiger partial charge < -0.3 is 9.84 Å². The number of hydrogen-bond donors (Lipinski definition) is 1. The van der Waals surface area contributed by atoms with Gasteiger partial charge in [-0.2, -0.15) is 0 Å². The highest BCUT2D eigenvalue weighted by Crippen LogP contribution is 2.32. The minimum absolute atomic E-state index is 0.233. The second-order valence-electron chi connectivity index (χ2n) is 5.72. The van der Waals surface area contributed by atoms with Crippen LogP contribution in [-0.2, 0) is 4.74 Å². The molecular formula is C13H25NO2. The third kappa shape index (κ3) is 2.76. The number of rotatable bonds is 2. The maximum absolute atomic E-state index is 9.40. The van der Waals surface area contributed by atoms with Gasteiger partial charge in [0.05, 0.1) is 25.9 Å². The first kappa shape index (κ1) is 12.3. The van der Waals surface area contributed by atoms with Crippen LogP contribution in [0.5, 0.6) is 0 Å². The van der Waals surface area contributed by atoms with Crippen LogP contribution in [0.15, 0.2) is 0 Å². The zero-order chi connectivity index (χ0) is 11.5. The SMILES string of the molecule is CC1CC(C)CC(N2CCOCC2CO)C1. The van der Waals surface area contributed by atoms with Gasteiger partial charge in [0.1, 0.15) is 0 Å². The predicted octanol–water partition coefficient (Wildman–Crippen LogP) is 1.50. The molecule has 94 valence electrons. The Labute approximate surface area is 98.8 Å². The molecule has 3 atom stereocenters. The highest BCUT2D eigenvalue weighted by molar-refractivity contribution is 4.87. The fraction of sp³-hybridized carbons (Fsp3) is 1.00. The molecule has 3 nitrogen and oxygen atoms in total. The third-order valence-corrected chi connectivity index (χ3v) is 4.11. The van der Waals surface area contributed by atoms with Crippen LogP contribution in [-0.4, -0.2) is 48.5 Å². The lowest BCUT2D eigenvalue weighted by atomic mass is 9.79. The van der Waals surface area contributed by atoms with Crippen LogP contribution >= 0.6 is 0 Å². The van der Waals surface area contributed by atoms with E-state index in [1.807, 2.05) is 0 Å². The molecule has 1 saturated carbocycles. The van der Waals surface area contributed by atoms with Crippen LogP contribution in [0.4, 0.5) is 0 Å². The van der Waals surface area contributed by atoms with E-state index in [1.54, 1.807) is 0 Å². The molecular weight excluding hydrogens is 202 g/mol. The minimum atomic E-state index is 0.233. The first-order valence-corrected chi connectivity index (χ1v) is 6.65. The first-order valence-electron chi connectivity index (χ1n) is 6.65. The summed E-state index contributed by atoms with van der Waals surface area (Å²) in [6, 6.07) is 0.899. The number of aliphatic hydroxyl groups is 1. The topological polar surface area (TPSA) is 32.7 Å². The van der Waals surface area contributed by atoms with E-state index in [9.17, 15) is 5.11 Å². The molecule has 0 radical (unpaired) electrons. The van der Waals surface area contributed by atoms with Gasteiger partial charge in [0.25, 0.3) is 0 Å². The highest BCUT2D eigenvalue weighted by Gasteiger charge is 2.33. The molecule has 1 N–H and O–H groups in total. The Hall–Kier alpha value is -0.120. The molecule has 2 fully saturated rings. The van der Waals surface area contributed by atoms with Gasteiger partial charge in [0.15, 0.2) is 0 Å². The molecule has 1 saturated heterocycles. The van der Waals surface area contributed by atoms with Gasteiger partial charge in [-0.15, -0.1) is 0 Å². The van der Waals surface area contributed by atoms with Gasteiger partial charge >= 0.3 is 0 Å². The van der Waals surface area contributed by atoms with Gasteiger partial charge in [-0.3, -0.25) is 4.90 Å². The fourth-order valence-corrected chi connectivity index (χ4v) is 3.48. The first-order chi connectivity index (χ1) is 7.70. The third-order valence-electron chi connectivity index (χ3n) is 4.11. The van der Waals surface area contributed by atoms with E-state index in [-0.39, 0.29) is 12.6 Å². The lowest BCUT2D eigenvalue weighted by Crippen LogP contribution is -2.54. The molecule has 2 aliphatic rings. The van der Waals surface area contributed by atoms with Crippen molar-refractivity contribution in [2.75, 3.05) is 26.4 Å². The van der Waals surface area contributed by atoms with Crippen LogP contribution in [0, 0.1) is 11.8 Å². The highest BCUT2D eigenvalue weighted by atomic mass is 16.5. The van der Waals surface area contributed by atoms with Crippen LogP contribution in [0.2, 0.25) is 0 Å². The number of hydrogen-bond acceptors (Lipinski definition) is 3. The molecule has 1 aliphatic carbocycles. The lowest BCUT2D eigenvalue weighted by molar-refractivity contribution is -0.0605. The Balaban J connectivity index is 1.98. The van der Waals surface area contributed by atoms with Crippen LogP contribution in [0.3, 0.4) is 0 Å². The molecule has 0 bridgehead atoms. The van der Waals surface area contributed by atoms with Crippen molar-refractivity contribution in [2.24, 2.45) is 11.8 Å². The van der Waals surface area contributed by atoms with Gasteiger partial charge in [-0.25, -0.2) is 0 Å². The monoisotopic (exact) mass is 227 g/mol. The Morgan fingerprint density at radius 3 is 2.50 bits per heavy atom. The molecule has 16 heavy (non-hydrogen) atoms. The maximum Gasteiger partial charge on any atom is 0.0644 e. The van der Waals surface area contributed by atoms with Crippen molar-refractivity contribution in [1.29, 1.82) is 0 Å². The summed E-state index contributed by atoms with van der Waals surface area (Å²) in [6.45, 7) is 7.48. The molecule has 2 rings (SSSR count). The van der Waals surface area contributed by atoms with Gasteiger partial charge in [0, 0.05) is 12.6 Å². The molecule has 3 unspecified atom stereocenters. The predicted molar refractivity (Wildman–Crippen MR) is 64.4 cm³/mol. The molecule has 1 aliphatic heterocycles. The summed E-state index contributed by atoms with van der Waals surface area (Å²) < 4.78 is 5.45. The molecule has 0 spiro atoms. The summed E-state index contributed by atoms with van der Waals surface area (Å²) >= 11 is 0. The number of morpholine rings is 1. The molecule has 3 heteroatoms. The Kier molecular flexibility index (Phi) is 4.22. The van der Waals surface area contributed by atoms with E-state index in [4.69, 9.17) is 4.74 Å². The lowest BCUT2D eigenvalue weighted by Gasteiger charge is -2.44. The average Bonchev–Trinajstić information content (AvgIpc) is 2.27.